The van der Waals surface area contributed by atoms with Gasteiger partial charge in [-0.05, 0) is 6.42 Å². The summed E-state index contributed by atoms with van der Waals surface area (Å²) in [6.07, 6.45) is 0.545. The minimum atomic E-state index is -3.18. The molecule has 1 aliphatic heterocycles. The summed E-state index contributed by atoms with van der Waals surface area (Å²) >= 11 is 1.61. The highest BCUT2D eigenvalue weighted by Gasteiger charge is 2.38. The van der Waals surface area contributed by atoms with Crippen LogP contribution in [0.2, 0.25) is 0 Å². The third-order valence-electron chi connectivity index (χ3n) is 3.17. The number of thioether (sulfide) groups is 1. The van der Waals surface area contributed by atoms with Crippen molar-refractivity contribution in [1.29, 1.82) is 0 Å². The molecule has 6 nitrogen and oxygen atoms in total. The first kappa shape index (κ1) is 15.7. The third kappa shape index (κ3) is 3.37. The van der Waals surface area contributed by atoms with E-state index in [2.05, 4.69) is 5.43 Å². The van der Waals surface area contributed by atoms with E-state index in [-0.39, 0.29) is 11.7 Å². The number of nitrogens with zero attached hydrogens (tertiary/aromatic N) is 1. The lowest BCUT2D eigenvalue weighted by atomic mass is 10.2. The average Bonchev–Trinajstić information content (AvgIpc) is 2.39. The van der Waals surface area contributed by atoms with Crippen molar-refractivity contribution in [3.8, 4) is 0 Å². The summed E-state index contributed by atoms with van der Waals surface area (Å²) in [6, 6.07) is -0.470. The van der Waals surface area contributed by atoms with Crippen molar-refractivity contribution >= 4 is 27.5 Å². The molecule has 0 saturated carbocycles. The lowest BCUT2D eigenvalue weighted by Gasteiger charge is -2.38. The number of carbonyl (C=O) groups excluding carboxylic acids is 1. The van der Waals surface area contributed by atoms with E-state index in [0.717, 1.165) is 5.75 Å². The molecule has 0 aromatic carbocycles. The van der Waals surface area contributed by atoms with Crippen molar-refractivity contribution in [2.24, 2.45) is 5.84 Å². The van der Waals surface area contributed by atoms with Crippen molar-refractivity contribution in [2.75, 3.05) is 23.8 Å². The fourth-order valence-electron chi connectivity index (χ4n) is 2.12. The van der Waals surface area contributed by atoms with Crippen molar-refractivity contribution in [3.63, 3.8) is 0 Å². The summed E-state index contributed by atoms with van der Waals surface area (Å²) < 4.78 is 24.2. The number of hydrogen-bond acceptors (Lipinski definition) is 6. The Balaban J connectivity index is 2.98. The average molecular weight is 295 g/mol. The van der Waals surface area contributed by atoms with Crippen LogP contribution in [-0.4, -0.2) is 54.4 Å². The fourth-order valence-corrected chi connectivity index (χ4v) is 5.19. The molecule has 2 atom stereocenters. The van der Waals surface area contributed by atoms with Gasteiger partial charge in [0, 0.05) is 23.8 Å². The van der Waals surface area contributed by atoms with Gasteiger partial charge in [-0.25, -0.2) is 14.3 Å². The van der Waals surface area contributed by atoms with Gasteiger partial charge in [-0.3, -0.25) is 15.1 Å². The Morgan fingerprint density at radius 3 is 2.72 bits per heavy atom. The second-order valence-corrected chi connectivity index (χ2v) is 7.75. The number of amides is 1. The summed E-state index contributed by atoms with van der Waals surface area (Å²) in [6.45, 7) is 4.09. The minimum Gasteiger partial charge on any atom is -0.293 e. The molecular weight excluding hydrogens is 274 g/mol. The molecule has 0 aromatic heterocycles. The van der Waals surface area contributed by atoms with Gasteiger partial charge in [-0.2, -0.15) is 11.8 Å². The lowest BCUT2D eigenvalue weighted by Crippen LogP contribution is -2.57. The van der Waals surface area contributed by atoms with Crippen LogP contribution in [0.5, 0.6) is 0 Å². The molecule has 0 spiro atoms. The Morgan fingerprint density at radius 1 is 1.56 bits per heavy atom. The van der Waals surface area contributed by atoms with E-state index < -0.39 is 21.3 Å². The molecule has 18 heavy (non-hydrogen) atoms. The van der Waals surface area contributed by atoms with Crippen molar-refractivity contribution < 1.29 is 13.2 Å². The van der Waals surface area contributed by atoms with E-state index in [1.807, 2.05) is 6.92 Å². The van der Waals surface area contributed by atoms with Crippen LogP contribution in [0, 0.1) is 0 Å². The van der Waals surface area contributed by atoms with Crippen LogP contribution in [0.25, 0.3) is 0 Å². The predicted octanol–water partition coefficient (Wildman–Crippen LogP) is -0.435. The molecule has 1 saturated heterocycles. The van der Waals surface area contributed by atoms with Crippen LogP contribution in [0.4, 0.5) is 0 Å². The molecule has 8 heteroatoms. The first-order chi connectivity index (χ1) is 8.47. The second kappa shape index (κ2) is 6.74. The van der Waals surface area contributed by atoms with E-state index in [9.17, 15) is 13.2 Å². The topological polar surface area (TPSA) is 92.5 Å². The van der Waals surface area contributed by atoms with E-state index >= 15 is 0 Å². The van der Waals surface area contributed by atoms with E-state index in [0.29, 0.717) is 18.7 Å². The molecule has 0 aromatic rings. The van der Waals surface area contributed by atoms with Crippen molar-refractivity contribution in [1.82, 2.24) is 10.3 Å². The molecule has 0 radical (unpaired) electrons. The lowest BCUT2D eigenvalue weighted by molar-refractivity contribution is -0.126. The quantitative estimate of drug-likeness (QED) is 0.406. The summed E-state index contributed by atoms with van der Waals surface area (Å²) in [5, 5.41) is -0.580. The highest BCUT2D eigenvalue weighted by Crippen LogP contribution is 2.24. The van der Waals surface area contributed by atoms with E-state index in [1.54, 1.807) is 23.6 Å². The van der Waals surface area contributed by atoms with Crippen LogP contribution in [0.3, 0.4) is 0 Å². The summed E-state index contributed by atoms with van der Waals surface area (Å²) in [7, 11) is -3.18. The Morgan fingerprint density at radius 2 is 2.22 bits per heavy atom. The van der Waals surface area contributed by atoms with Gasteiger partial charge in [0.25, 0.3) is 5.91 Å². The maximum Gasteiger partial charge on any atom is 0.251 e. The monoisotopic (exact) mass is 295 g/mol. The fraction of sp³-hybridized carbons (Fsp3) is 0.900. The number of carbonyl (C=O) groups is 1. The molecule has 0 bridgehead atoms. The van der Waals surface area contributed by atoms with Crippen molar-refractivity contribution in [2.45, 2.75) is 31.7 Å². The van der Waals surface area contributed by atoms with Crippen LogP contribution < -0.4 is 11.3 Å². The number of rotatable bonds is 5. The van der Waals surface area contributed by atoms with Gasteiger partial charge in [-0.15, -0.1) is 0 Å². The molecule has 106 valence electrons. The van der Waals surface area contributed by atoms with Crippen LogP contribution >= 0.6 is 11.8 Å². The zero-order valence-electron chi connectivity index (χ0n) is 10.8. The summed E-state index contributed by atoms with van der Waals surface area (Å²) in [5.74, 6) is 6.29. The molecule has 1 rings (SSSR count). The van der Waals surface area contributed by atoms with Gasteiger partial charge in [0.15, 0.2) is 9.84 Å². The molecular formula is C10H21N3O3S2. The smallest absolute Gasteiger partial charge is 0.251 e. The second-order valence-electron chi connectivity index (χ2n) is 4.15. The normalized spacial score (nSPS) is 23.6. The molecule has 3 N–H and O–H groups in total. The third-order valence-corrected chi connectivity index (χ3v) is 6.48. The van der Waals surface area contributed by atoms with Crippen LogP contribution in [0.15, 0.2) is 0 Å². The maximum atomic E-state index is 12.1. The van der Waals surface area contributed by atoms with Gasteiger partial charge >= 0.3 is 0 Å². The van der Waals surface area contributed by atoms with Gasteiger partial charge in [0.1, 0.15) is 5.37 Å². The first-order valence-corrected chi connectivity index (χ1v) is 8.90. The number of sulfone groups is 1. The standard InChI is InChI=1S/C10H21N3O3S2/c1-3-8(10(14)12-11)13-5-6-17-7-9(13)18(15,16)4-2/h8-9H,3-7,11H2,1-2H3,(H,12,14). The predicted molar refractivity (Wildman–Crippen MR) is 73.7 cm³/mol. The molecule has 0 aliphatic carbocycles. The molecule has 1 fully saturated rings. The van der Waals surface area contributed by atoms with Gasteiger partial charge in [0.2, 0.25) is 0 Å². The summed E-state index contributed by atoms with van der Waals surface area (Å²) in [5.41, 5.74) is 2.12. The highest BCUT2D eigenvalue weighted by atomic mass is 32.2. The SMILES string of the molecule is CCC(C(=O)NN)N1CCSCC1S(=O)(=O)CC. The van der Waals surface area contributed by atoms with Crippen LogP contribution in [-0.2, 0) is 14.6 Å². The van der Waals surface area contributed by atoms with Gasteiger partial charge in [-0.1, -0.05) is 13.8 Å². The maximum absolute atomic E-state index is 12.1. The van der Waals surface area contributed by atoms with Crippen molar-refractivity contribution in [3.05, 3.63) is 0 Å². The molecule has 1 heterocycles. The highest BCUT2D eigenvalue weighted by molar-refractivity contribution is 8.01. The number of hydrogen-bond donors (Lipinski definition) is 2. The number of hydrazine groups is 1. The van der Waals surface area contributed by atoms with Crippen LogP contribution in [0.1, 0.15) is 20.3 Å². The van der Waals surface area contributed by atoms with Gasteiger partial charge < -0.3 is 0 Å². The minimum absolute atomic E-state index is 0.0927. The summed E-state index contributed by atoms with van der Waals surface area (Å²) in [4.78, 5) is 13.5. The molecule has 1 aliphatic rings. The Bertz CT molecular complexity index is 386. The largest absolute Gasteiger partial charge is 0.293 e. The Kier molecular flexibility index (Phi) is 5.90. The van der Waals surface area contributed by atoms with E-state index in [1.165, 1.54) is 0 Å². The Labute approximate surface area is 113 Å². The zero-order chi connectivity index (χ0) is 13.8. The van der Waals surface area contributed by atoms with E-state index in [4.69, 9.17) is 5.84 Å². The number of nitrogens with two attached hydrogens (primary N) is 1. The van der Waals surface area contributed by atoms with Gasteiger partial charge in [0.05, 0.1) is 6.04 Å². The molecule has 2 unspecified atom stereocenters. The Hall–Kier alpha value is -0.310. The first-order valence-electron chi connectivity index (χ1n) is 6.03. The zero-order valence-corrected chi connectivity index (χ0v) is 12.4. The number of nitrogens with one attached hydrogen (secondary N) is 1. The molecule has 1 amide bonds.